The largest absolute Gasteiger partial charge is 0.444 e. The lowest BCUT2D eigenvalue weighted by Crippen LogP contribution is -2.51. The SMILES string of the molecule is CCc1cccc(-c2cnc(C(=O)N3CCC(CN4CCN(C(=O)c5cc(Cc6n[nH]c(=O)c7ccccc67)ccc5F)CC4)CC3)c(NC(=O)CN(Cc3cccc(C)c3)C(=O)OC(C)(C)C)c2)c1. The zero-order chi connectivity index (χ0) is 49.5. The second kappa shape index (κ2) is 21.6. The minimum atomic E-state index is -0.785. The van der Waals surface area contributed by atoms with E-state index in [2.05, 4.69) is 38.4 Å². The second-order valence-electron chi connectivity index (χ2n) is 19.4. The number of benzene rings is 4. The monoisotopic (exact) mass is 948 g/mol. The van der Waals surface area contributed by atoms with Gasteiger partial charge in [-0.25, -0.2) is 19.3 Å². The fourth-order valence-electron chi connectivity index (χ4n) is 9.25. The molecule has 2 fully saturated rings. The number of fused-ring (bicyclic) bond motifs is 1. The highest BCUT2D eigenvalue weighted by molar-refractivity contribution is 6.04. The van der Waals surface area contributed by atoms with Crippen LogP contribution in [0.15, 0.2) is 108 Å². The number of H-pyrrole nitrogens is 1. The summed E-state index contributed by atoms with van der Waals surface area (Å²) in [6.07, 6.45) is 3.70. The molecule has 2 aliphatic rings. The molecule has 0 unspecified atom stereocenters. The number of amides is 4. The Kier molecular flexibility index (Phi) is 15.2. The molecule has 70 heavy (non-hydrogen) atoms. The first kappa shape index (κ1) is 49.2. The molecular formula is C55H61FN8O6. The quantitative estimate of drug-likeness (QED) is 0.116. The molecule has 0 aliphatic carbocycles. The van der Waals surface area contributed by atoms with E-state index in [9.17, 15) is 24.0 Å². The molecule has 8 rings (SSSR count). The standard InChI is InChI=1S/C55H61FN8O6/c1-6-37-12-10-14-41(28-37)42-31-48(58-49(65)35-64(54(69)70-55(3,4)5)34-40-13-9-11-36(2)27-40)50(57-32-42)53(68)62-21-19-38(20-22-62)33-61-23-25-63(26-24-61)52(67)45-29-39(17-18-46(45)56)30-47-43-15-7-8-16-44(43)51(66)60-59-47/h7-18,27-29,31-32,38H,6,19-26,30,33-35H2,1-5H3,(H,58,65)(H,60,66). The number of carbonyl (C=O) groups excluding carboxylic acids is 4. The summed E-state index contributed by atoms with van der Waals surface area (Å²) in [7, 11) is 0. The van der Waals surface area contributed by atoms with Gasteiger partial charge in [-0.05, 0) is 99.4 Å². The van der Waals surface area contributed by atoms with Crippen LogP contribution in [0, 0.1) is 18.7 Å². The molecule has 2 saturated heterocycles. The highest BCUT2D eigenvalue weighted by Crippen LogP contribution is 2.29. The third kappa shape index (κ3) is 12.1. The van der Waals surface area contributed by atoms with Crippen LogP contribution >= 0.6 is 0 Å². The Balaban J connectivity index is 0.895. The first-order valence-corrected chi connectivity index (χ1v) is 24.1. The van der Waals surface area contributed by atoms with E-state index in [1.165, 1.54) is 11.0 Å². The van der Waals surface area contributed by atoms with E-state index in [-0.39, 0.29) is 47.4 Å². The average Bonchev–Trinajstić information content (AvgIpc) is 3.35. The Bertz CT molecular complexity index is 2950. The van der Waals surface area contributed by atoms with Crippen molar-refractivity contribution in [3.8, 4) is 11.1 Å². The van der Waals surface area contributed by atoms with Gasteiger partial charge in [0.15, 0.2) is 5.69 Å². The lowest BCUT2D eigenvalue weighted by molar-refractivity contribution is -0.117. The summed E-state index contributed by atoms with van der Waals surface area (Å²) < 4.78 is 20.9. The molecule has 0 atom stereocenters. The highest BCUT2D eigenvalue weighted by Gasteiger charge is 2.31. The highest BCUT2D eigenvalue weighted by atomic mass is 19.1. The Labute approximate surface area is 407 Å². The average molecular weight is 949 g/mol. The predicted octanol–water partition coefficient (Wildman–Crippen LogP) is 8.27. The van der Waals surface area contributed by atoms with E-state index >= 15 is 4.39 Å². The van der Waals surface area contributed by atoms with E-state index in [0.29, 0.717) is 73.6 Å². The number of anilines is 1. The number of hydrogen-bond donors (Lipinski definition) is 2. The number of halogens is 1. The van der Waals surface area contributed by atoms with Crippen LogP contribution in [-0.2, 0) is 28.9 Å². The van der Waals surface area contributed by atoms with Crippen LogP contribution in [-0.4, -0.2) is 117 Å². The molecule has 0 saturated carbocycles. The van der Waals surface area contributed by atoms with Crippen molar-refractivity contribution < 1.29 is 28.3 Å². The molecule has 2 aliphatic heterocycles. The third-order valence-corrected chi connectivity index (χ3v) is 13.0. The van der Waals surface area contributed by atoms with Crippen LogP contribution < -0.4 is 10.9 Å². The van der Waals surface area contributed by atoms with Gasteiger partial charge < -0.3 is 19.9 Å². The van der Waals surface area contributed by atoms with Crippen molar-refractivity contribution in [2.24, 2.45) is 5.92 Å². The molecule has 0 bridgehead atoms. The number of pyridine rings is 1. The zero-order valence-corrected chi connectivity index (χ0v) is 40.6. The van der Waals surface area contributed by atoms with E-state index in [1.807, 2.05) is 61.5 Å². The minimum absolute atomic E-state index is 0.00941. The molecule has 4 heterocycles. The van der Waals surface area contributed by atoms with Gasteiger partial charge >= 0.3 is 6.09 Å². The van der Waals surface area contributed by atoms with Crippen LogP contribution in [0.3, 0.4) is 0 Å². The molecule has 14 nitrogen and oxygen atoms in total. The predicted molar refractivity (Wildman–Crippen MR) is 268 cm³/mol. The van der Waals surface area contributed by atoms with E-state index in [4.69, 9.17) is 4.74 Å². The van der Waals surface area contributed by atoms with Crippen molar-refractivity contribution in [1.29, 1.82) is 0 Å². The maximum absolute atomic E-state index is 15.2. The summed E-state index contributed by atoms with van der Waals surface area (Å²) in [5, 5.41) is 11.0. The van der Waals surface area contributed by atoms with Crippen molar-refractivity contribution in [1.82, 2.24) is 34.8 Å². The lowest BCUT2D eigenvalue weighted by Gasteiger charge is -2.39. The number of rotatable bonds is 13. The number of nitrogens with one attached hydrogen (secondary N) is 2. The number of aryl methyl sites for hydroxylation is 2. The van der Waals surface area contributed by atoms with Crippen molar-refractivity contribution in [2.75, 3.05) is 57.7 Å². The number of nitrogens with zero attached hydrogens (tertiary/aromatic N) is 6. The summed E-state index contributed by atoms with van der Waals surface area (Å²) in [5.41, 5.74) is 5.29. The van der Waals surface area contributed by atoms with Crippen molar-refractivity contribution >= 4 is 40.3 Å². The van der Waals surface area contributed by atoms with Crippen LogP contribution in [0.1, 0.15) is 89.3 Å². The van der Waals surface area contributed by atoms with Gasteiger partial charge in [-0.3, -0.25) is 29.0 Å². The summed E-state index contributed by atoms with van der Waals surface area (Å²) in [4.78, 5) is 79.7. The van der Waals surface area contributed by atoms with Gasteiger partial charge in [-0.15, -0.1) is 0 Å². The van der Waals surface area contributed by atoms with Gasteiger partial charge in [0, 0.05) is 75.9 Å². The normalized spacial score (nSPS) is 14.7. The first-order valence-electron chi connectivity index (χ1n) is 24.1. The summed E-state index contributed by atoms with van der Waals surface area (Å²) in [5.74, 6) is -1.43. The minimum Gasteiger partial charge on any atom is -0.444 e. The molecule has 2 N–H and O–H groups in total. The number of aromatic nitrogens is 3. The van der Waals surface area contributed by atoms with Gasteiger partial charge in [0.2, 0.25) is 5.91 Å². The van der Waals surface area contributed by atoms with E-state index < -0.39 is 23.4 Å². The van der Waals surface area contributed by atoms with Gasteiger partial charge in [0.25, 0.3) is 17.4 Å². The van der Waals surface area contributed by atoms with Crippen LogP contribution in [0.5, 0.6) is 0 Å². The number of ether oxygens (including phenoxy) is 1. The molecule has 4 aromatic carbocycles. The molecule has 364 valence electrons. The maximum atomic E-state index is 15.2. The number of likely N-dealkylation sites (tertiary alicyclic amines) is 1. The molecule has 2 aromatic heterocycles. The fourth-order valence-corrected chi connectivity index (χ4v) is 9.25. The molecule has 0 radical (unpaired) electrons. The Morgan fingerprint density at radius 3 is 2.24 bits per heavy atom. The molecule has 15 heteroatoms. The first-order chi connectivity index (χ1) is 33.6. The Morgan fingerprint density at radius 2 is 1.51 bits per heavy atom. The topological polar surface area (TPSA) is 161 Å². The van der Waals surface area contributed by atoms with Gasteiger partial charge in [-0.2, -0.15) is 5.10 Å². The van der Waals surface area contributed by atoms with Crippen molar-refractivity contribution in [3.63, 3.8) is 0 Å². The second-order valence-corrected chi connectivity index (χ2v) is 19.4. The Hall–Kier alpha value is -7.26. The number of piperazine rings is 1. The molecule has 6 aromatic rings. The van der Waals surface area contributed by atoms with Crippen molar-refractivity contribution in [3.05, 3.63) is 159 Å². The number of aromatic amines is 1. The molecular weight excluding hydrogens is 888 g/mol. The molecule has 0 spiro atoms. The third-order valence-electron chi connectivity index (χ3n) is 13.0. The molecule has 4 amide bonds. The fraction of sp³-hybridized carbons (Fsp3) is 0.364. The lowest BCUT2D eigenvalue weighted by atomic mass is 9.95. The van der Waals surface area contributed by atoms with Crippen LogP contribution in [0.2, 0.25) is 0 Å². The van der Waals surface area contributed by atoms with Gasteiger partial charge in [-0.1, -0.05) is 85.3 Å². The Morgan fingerprint density at radius 1 is 0.800 bits per heavy atom. The number of carbonyl (C=O) groups is 4. The summed E-state index contributed by atoms with van der Waals surface area (Å²) in [6.45, 7) is 13.2. The van der Waals surface area contributed by atoms with Crippen LogP contribution in [0.25, 0.3) is 21.9 Å². The number of piperidine rings is 1. The van der Waals surface area contributed by atoms with E-state index in [1.54, 1.807) is 67.1 Å². The smallest absolute Gasteiger partial charge is 0.411 e. The van der Waals surface area contributed by atoms with Gasteiger partial charge in [0.05, 0.1) is 22.3 Å². The van der Waals surface area contributed by atoms with Crippen LogP contribution in [0.4, 0.5) is 14.9 Å². The summed E-state index contributed by atoms with van der Waals surface area (Å²) in [6, 6.07) is 29.3. The van der Waals surface area contributed by atoms with Crippen molar-refractivity contribution in [2.45, 2.75) is 72.4 Å². The summed E-state index contributed by atoms with van der Waals surface area (Å²) >= 11 is 0. The maximum Gasteiger partial charge on any atom is 0.411 e. The van der Waals surface area contributed by atoms with E-state index in [0.717, 1.165) is 53.6 Å². The zero-order valence-electron chi connectivity index (χ0n) is 40.6. The number of hydrogen-bond acceptors (Lipinski definition) is 9. The van der Waals surface area contributed by atoms with Gasteiger partial charge in [0.1, 0.15) is 18.0 Å².